The van der Waals surface area contributed by atoms with Gasteiger partial charge in [-0.15, -0.1) is 0 Å². The number of piperidine rings is 1. The van der Waals surface area contributed by atoms with Gasteiger partial charge in [-0.25, -0.2) is 0 Å². The predicted molar refractivity (Wildman–Crippen MR) is 64.8 cm³/mol. The summed E-state index contributed by atoms with van der Waals surface area (Å²) in [5, 5.41) is 0. The van der Waals surface area contributed by atoms with E-state index in [1.165, 1.54) is 51.5 Å². The minimum absolute atomic E-state index is 0.683. The summed E-state index contributed by atoms with van der Waals surface area (Å²) < 4.78 is 0. The van der Waals surface area contributed by atoms with Gasteiger partial charge in [-0.1, -0.05) is 19.3 Å². The Kier molecular flexibility index (Phi) is 4.04. The highest BCUT2D eigenvalue weighted by Crippen LogP contribution is 2.32. The molecule has 0 aromatic heterocycles. The average molecular weight is 210 g/mol. The van der Waals surface area contributed by atoms with E-state index in [-0.39, 0.29) is 0 Å². The number of likely N-dealkylation sites (tertiary alicyclic amines) is 1. The lowest BCUT2D eigenvalue weighted by Crippen LogP contribution is -2.51. The minimum atomic E-state index is 0.683. The molecule has 0 aromatic rings. The van der Waals surface area contributed by atoms with Crippen LogP contribution in [0.15, 0.2) is 0 Å². The van der Waals surface area contributed by atoms with Gasteiger partial charge in [0.2, 0.25) is 0 Å². The van der Waals surface area contributed by atoms with Crippen molar-refractivity contribution in [1.29, 1.82) is 0 Å². The predicted octanol–water partition coefficient (Wildman–Crippen LogP) is 2.38. The lowest BCUT2D eigenvalue weighted by Gasteiger charge is -2.42. The van der Waals surface area contributed by atoms with E-state index in [0.29, 0.717) is 6.04 Å². The van der Waals surface area contributed by atoms with Gasteiger partial charge in [0.05, 0.1) is 0 Å². The van der Waals surface area contributed by atoms with Gasteiger partial charge >= 0.3 is 0 Å². The van der Waals surface area contributed by atoms with Gasteiger partial charge in [-0.05, 0) is 45.1 Å². The molecule has 88 valence electrons. The van der Waals surface area contributed by atoms with Crippen molar-refractivity contribution < 1.29 is 0 Å². The van der Waals surface area contributed by atoms with E-state index in [9.17, 15) is 0 Å². The molecule has 1 aliphatic heterocycles. The summed E-state index contributed by atoms with van der Waals surface area (Å²) in [4.78, 5) is 2.71. The first-order chi connectivity index (χ1) is 7.33. The Labute approximate surface area is 94.2 Å². The van der Waals surface area contributed by atoms with E-state index < -0.39 is 0 Å². The molecule has 1 saturated heterocycles. The highest BCUT2D eigenvalue weighted by Gasteiger charge is 2.32. The van der Waals surface area contributed by atoms with E-state index in [1.807, 2.05) is 0 Å². The number of nitrogens with two attached hydrogens (primary N) is 1. The van der Waals surface area contributed by atoms with E-state index >= 15 is 0 Å². The Hall–Kier alpha value is -0.0800. The summed E-state index contributed by atoms with van der Waals surface area (Å²) in [6.07, 6.45) is 9.89. The van der Waals surface area contributed by atoms with Gasteiger partial charge in [0.25, 0.3) is 0 Å². The number of hydrogen-bond donors (Lipinski definition) is 1. The first kappa shape index (κ1) is 11.4. The van der Waals surface area contributed by atoms with Crippen molar-refractivity contribution in [3.8, 4) is 0 Å². The van der Waals surface area contributed by atoms with Gasteiger partial charge in [0.1, 0.15) is 0 Å². The molecule has 2 aliphatic rings. The summed E-state index contributed by atoms with van der Waals surface area (Å²) >= 11 is 0. The quantitative estimate of drug-likeness (QED) is 0.775. The minimum Gasteiger partial charge on any atom is -0.329 e. The molecule has 0 bridgehead atoms. The summed E-state index contributed by atoms with van der Waals surface area (Å²) in [5.74, 6) is 0.899. The molecule has 2 unspecified atom stereocenters. The van der Waals surface area contributed by atoms with Crippen LogP contribution in [-0.2, 0) is 0 Å². The molecule has 2 atom stereocenters. The smallest absolute Gasteiger partial charge is 0.0249 e. The molecule has 0 radical (unpaired) electrons. The second-order valence-corrected chi connectivity index (χ2v) is 5.43. The van der Waals surface area contributed by atoms with Crippen LogP contribution in [0.2, 0.25) is 0 Å². The third kappa shape index (κ3) is 2.54. The molecule has 2 nitrogen and oxygen atoms in total. The number of nitrogens with zero attached hydrogens (tertiary/aromatic N) is 1. The molecule has 2 fully saturated rings. The fraction of sp³-hybridized carbons (Fsp3) is 1.00. The fourth-order valence-corrected chi connectivity index (χ4v) is 3.55. The van der Waals surface area contributed by atoms with Gasteiger partial charge in [-0.3, -0.25) is 4.90 Å². The van der Waals surface area contributed by atoms with E-state index in [4.69, 9.17) is 5.73 Å². The zero-order chi connectivity index (χ0) is 10.7. The Morgan fingerprint density at radius 3 is 2.40 bits per heavy atom. The number of hydrogen-bond acceptors (Lipinski definition) is 2. The van der Waals surface area contributed by atoms with Gasteiger partial charge < -0.3 is 5.73 Å². The van der Waals surface area contributed by atoms with E-state index in [2.05, 4.69) is 11.8 Å². The molecule has 15 heavy (non-hydrogen) atoms. The lowest BCUT2D eigenvalue weighted by molar-refractivity contribution is 0.0750. The molecule has 0 amide bonds. The van der Waals surface area contributed by atoms with E-state index in [1.54, 1.807) is 0 Å². The second-order valence-electron chi connectivity index (χ2n) is 5.43. The van der Waals surface area contributed by atoms with Crippen LogP contribution in [0, 0.1) is 5.92 Å². The van der Waals surface area contributed by atoms with Crippen molar-refractivity contribution in [2.24, 2.45) is 11.7 Å². The van der Waals surface area contributed by atoms with Gasteiger partial charge in [0, 0.05) is 18.6 Å². The van der Waals surface area contributed by atoms with Crippen molar-refractivity contribution in [2.75, 3.05) is 13.1 Å². The topological polar surface area (TPSA) is 29.3 Å². The highest BCUT2D eigenvalue weighted by molar-refractivity contribution is 4.87. The summed E-state index contributed by atoms with van der Waals surface area (Å²) in [7, 11) is 0. The Morgan fingerprint density at radius 1 is 1.13 bits per heavy atom. The van der Waals surface area contributed by atoms with Crippen molar-refractivity contribution in [3.05, 3.63) is 0 Å². The van der Waals surface area contributed by atoms with Crippen LogP contribution in [0.4, 0.5) is 0 Å². The maximum Gasteiger partial charge on any atom is 0.0249 e. The standard InChI is InChI=1S/C13H26N2/c1-11-6-4-5-9-15(11)13(10-14)12-7-2-3-8-12/h11-13H,2-10,14H2,1H3. The van der Waals surface area contributed by atoms with Crippen LogP contribution in [0.1, 0.15) is 51.9 Å². The van der Waals surface area contributed by atoms with Gasteiger partial charge in [-0.2, -0.15) is 0 Å². The lowest BCUT2D eigenvalue weighted by atomic mass is 9.92. The maximum absolute atomic E-state index is 6.00. The SMILES string of the molecule is CC1CCCCN1C(CN)C1CCCC1. The molecule has 2 heteroatoms. The van der Waals surface area contributed by atoms with Crippen LogP contribution in [0.3, 0.4) is 0 Å². The van der Waals surface area contributed by atoms with Crippen molar-refractivity contribution in [1.82, 2.24) is 4.90 Å². The summed E-state index contributed by atoms with van der Waals surface area (Å²) in [5.41, 5.74) is 6.00. The first-order valence-corrected chi connectivity index (χ1v) is 6.78. The number of rotatable bonds is 3. The zero-order valence-electron chi connectivity index (χ0n) is 10.1. The fourth-order valence-electron chi connectivity index (χ4n) is 3.55. The van der Waals surface area contributed by atoms with Crippen LogP contribution >= 0.6 is 0 Å². The normalized spacial score (nSPS) is 32.0. The molecular weight excluding hydrogens is 184 g/mol. The van der Waals surface area contributed by atoms with Crippen LogP contribution in [0.5, 0.6) is 0 Å². The van der Waals surface area contributed by atoms with Crippen molar-refractivity contribution in [2.45, 2.75) is 64.0 Å². The molecule has 2 N–H and O–H groups in total. The molecular formula is C13H26N2. The zero-order valence-corrected chi connectivity index (χ0v) is 10.1. The van der Waals surface area contributed by atoms with Gasteiger partial charge in [0.15, 0.2) is 0 Å². The van der Waals surface area contributed by atoms with E-state index in [0.717, 1.165) is 18.5 Å². The Bertz CT molecular complexity index is 187. The monoisotopic (exact) mass is 210 g/mol. The maximum atomic E-state index is 6.00. The molecule has 2 rings (SSSR count). The van der Waals surface area contributed by atoms with Crippen LogP contribution in [0.25, 0.3) is 0 Å². The van der Waals surface area contributed by atoms with Crippen LogP contribution in [-0.4, -0.2) is 30.1 Å². The summed E-state index contributed by atoms with van der Waals surface area (Å²) in [6, 6.07) is 1.45. The van der Waals surface area contributed by atoms with Crippen LogP contribution < -0.4 is 5.73 Å². The highest BCUT2D eigenvalue weighted by atomic mass is 15.2. The third-order valence-electron chi connectivity index (χ3n) is 4.47. The molecule has 0 spiro atoms. The van der Waals surface area contributed by atoms with Crippen molar-refractivity contribution in [3.63, 3.8) is 0 Å². The summed E-state index contributed by atoms with van der Waals surface area (Å²) in [6.45, 7) is 4.55. The molecule has 1 heterocycles. The Balaban J connectivity index is 1.97. The van der Waals surface area contributed by atoms with Crippen molar-refractivity contribution >= 4 is 0 Å². The first-order valence-electron chi connectivity index (χ1n) is 6.78. The third-order valence-corrected chi connectivity index (χ3v) is 4.47. The molecule has 1 saturated carbocycles. The largest absolute Gasteiger partial charge is 0.329 e. The molecule has 0 aromatic carbocycles. The molecule has 1 aliphatic carbocycles. The average Bonchev–Trinajstić information content (AvgIpc) is 2.75. The second kappa shape index (κ2) is 5.31. The Morgan fingerprint density at radius 2 is 1.80 bits per heavy atom.